The number of nitrogen functional groups attached to an aromatic ring is 1. The molecule has 6 nitrogen and oxygen atoms in total. The van der Waals surface area contributed by atoms with Crippen molar-refractivity contribution in [2.24, 2.45) is 5.73 Å². The fourth-order valence-corrected chi connectivity index (χ4v) is 3.82. The summed E-state index contributed by atoms with van der Waals surface area (Å²) in [6.07, 6.45) is 4.17. The van der Waals surface area contributed by atoms with Crippen molar-refractivity contribution in [3.8, 4) is 5.75 Å². The van der Waals surface area contributed by atoms with Gasteiger partial charge in [0, 0.05) is 44.0 Å². The summed E-state index contributed by atoms with van der Waals surface area (Å²) in [5.41, 5.74) is 14.1. The van der Waals surface area contributed by atoms with Gasteiger partial charge < -0.3 is 21.1 Å². The quantitative estimate of drug-likeness (QED) is 0.778. The molecule has 1 aromatic heterocycles. The van der Waals surface area contributed by atoms with Crippen LogP contribution in [0.4, 0.5) is 11.8 Å². The average Bonchev–Trinajstić information content (AvgIpc) is 2.61. The number of halogens is 2. The minimum atomic E-state index is 0. The number of hydrogen-bond donors (Lipinski definition) is 2. The van der Waals surface area contributed by atoms with Gasteiger partial charge in [-0.15, -0.1) is 24.8 Å². The van der Waals surface area contributed by atoms with Crippen LogP contribution in [0.5, 0.6) is 5.75 Å². The van der Waals surface area contributed by atoms with E-state index in [-0.39, 0.29) is 30.9 Å². The monoisotopic (exact) mass is 425 g/mol. The van der Waals surface area contributed by atoms with Crippen molar-refractivity contribution in [1.82, 2.24) is 9.97 Å². The first kappa shape index (κ1) is 22.5. The normalized spacial score (nSPS) is 21.9. The van der Waals surface area contributed by atoms with Gasteiger partial charge in [0.15, 0.2) is 0 Å². The molecule has 4 rings (SSSR count). The standard InChI is InChI=1S/C20H27N5O.2ClH/c1-13-4-2-3-5-18(13)26-16-6-8-25(9-7-16)19-12-17(23-20(22)24-19)14-10-15(21)11-14;;/h2-5,12,14-16H,6-11,21H2,1H3,(H2,22,23,24);2*1H. The molecule has 1 aromatic carbocycles. The van der Waals surface area contributed by atoms with Gasteiger partial charge >= 0.3 is 0 Å². The summed E-state index contributed by atoms with van der Waals surface area (Å²) < 4.78 is 6.20. The molecule has 0 radical (unpaired) electrons. The molecule has 1 saturated carbocycles. The summed E-state index contributed by atoms with van der Waals surface area (Å²) in [5, 5.41) is 0. The third-order valence-electron chi connectivity index (χ3n) is 5.50. The van der Waals surface area contributed by atoms with E-state index in [9.17, 15) is 0 Å². The molecule has 1 saturated heterocycles. The van der Waals surface area contributed by atoms with Crippen LogP contribution < -0.4 is 21.1 Å². The maximum Gasteiger partial charge on any atom is 0.222 e. The van der Waals surface area contributed by atoms with Crippen LogP contribution in [0.25, 0.3) is 0 Å². The molecule has 2 aliphatic rings. The number of aromatic nitrogens is 2. The highest BCUT2D eigenvalue weighted by molar-refractivity contribution is 5.85. The third kappa shape index (κ3) is 4.99. The number of rotatable bonds is 4. The van der Waals surface area contributed by atoms with Crippen molar-refractivity contribution in [1.29, 1.82) is 0 Å². The predicted octanol–water partition coefficient (Wildman–Crippen LogP) is 3.46. The molecule has 0 amide bonds. The molecule has 0 bridgehead atoms. The van der Waals surface area contributed by atoms with E-state index in [2.05, 4.69) is 33.9 Å². The number of aryl methyl sites for hydroxylation is 1. The van der Waals surface area contributed by atoms with Crippen LogP contribution in [0.1, 0.15) is 42.9 Å². The Morgan fingerprint density at radius 2 is 1.75 bits per heavy atom. The molecule has 2 heterocycles. The zero-order valence-electron chi connectivity index (χ0n) is 16.1. The van der Waals surface area contributed by atoms with Crippen LogP contribution in [-0.4, -0.2) is 35.2 Å². The summed E-state index contributed by atoms with van der Waals surface area (Å²) in [6, 6.07) is 10.6. The third-order valence-corrected chi connectivity index (χ3v) is 5.50. The summed E-state index contributed by atoms with van der Waals surface area (Å²) in [5.74, 6) is 2.70. The van der Waals surface area contributed by atoms with Crippen molar-refractivity contribution in [2.45, 2.75) is 50.7 Å². The number of para-hydroxylation sites is 1. The zero-order chi connectivity index (χ0) is 18.1. The van der Waals surface area contributed by atoms with E-state index in [1.807, 2.05) is 18.2 Å². The van der Waals surface area contributed by atoms with Crippen molar-refractivity contribution in [3.05, 3.63) is 41.6 Å². The van der Waals surface area contributed by atoms with E-state index in [0.29, 0.717) is 17.9 Å². The molecule has 0 unspecified atom stereocenters. The minimum Gasteiger partial charge on any atom is -0.490 e. The lowest BCUT2D eigenvalue weighted by Crippen LogP contribution is -2.39. The Labute approximate surface area is 178 Å². The molecular formula is C20H29Cl2N5O. The SMILES string of the molecule is Cc1ccccc1OC1CCN(c2cc(C3CC(N)C3)nc(N)n2)CC1.Cl.Cl. The second-order valence-electron chi connectivity index (χ2n) is 7.51. The Balaban J connectivity index is 0.00000140. The number of anilines is 2. The number of nitrogens with zero attached hydrogens (tertiary/aromatic N) is 3. The van der Waals surface area contributed by atoms with E-state index in [1.165, 1.54) is 5.56 Å². The Kier molecular flexibility index (Phi) is 7.75. The van der Waals surface area contributed by atoms with Crippen LogP contribution in [0, 0.1) is 6.92 Å². The van der Waals surface area contributed by atoms with E-state index in [0.717, 1.165) is 56.0 Å². The fraction of sp³-hybridized carbons (Fsp3) is 0.500. The Hall–Kier alpha value is -1.76. The molecule has 1 aliphatic carbocycles. The topological polar surface area (TPSA) is 90.3 Å². The molecule has 4 N–H and O–H groups in total. The van der Waals surface area contributed by atoms with E-state index in [1.54, 1.807) is 0 Å². The van der Waals surface area contributed by atoms with Gasteiger partial charge in [-0.3, -0.25) is 0 Å². The van der Waals surface area contributed by atoms with Gasteiger partial charge in [-0.25, -0.2) is 4.98 Å². The second-order valence-corrected chi connectivity index (χ2v) is 7.51. The van der Waals surface area contributed by atoms with E-state index < -0.39 is 0 Å². The summed E-state index contributed by atoms with van der Waals surface area (Å²) in [7, 11) is 0. The molecule has 8 heteroatoms. The Morgan fingerprint density at radius 1 is 1.07 bits per heavy atom. The average molecular weight is 426 g/mol. The maximum atomic E-state index is 6.20. The highest BCUT2D eigenvalue weighted by atomic mass is 35.5. The Bertz CT molecular complexity index is 777. The first-order chi connectivity index (χ1) is 12.6. The summed E-state index contributed by atoms with van der Waals surface area (Å²) in [6.45, 7) is 3.91. The van der Waals surface area contributed by atoms with E-state index in [4.69, 9.17) is 16.2 Å². The van der Waals surface area contributed by atoms with Gasteiger partial charge in [0.2, 0.25) is 5.95 Å². The molecule has 0 atom stereocenters. The minimum absolute atomic E-state index is 0. The number of nitrogens with two attached hydrogens (primary N) is 2. The number of benzene rings is 1. The van der Waals surface area contributed by atoms with Crippen molar-refractivity contribution < 1.29 is 4.74 Å². The van der Waals surface area contributed by atoms with Gasteiger partial charge in [-0.2, -0.15) is 4.98 Å². The smallest absolute Gasteiger partial charge is 0.222 e. The molecule has 1 aliphatic heterocycles. The zero-order valence-corrected chi connectivity index (χ0v) is 17.7. The molecule has 154 valence electrons. The van der Waals surface area contributed by atoms with Crippen molar-refractivity contribution in [3.63, 3.8) is 0 Å². The lowest BCUT2D eigenvalue weighted by Gasteiger charge is -2.35. The van der Waals surface area contributed by atoms with Gasteiger partial charge in [-0.1, -0.05) is 18.2 Å². The van der Waals surface area contributed by atoms with Crippen molar-refractivity contribution >= 4 is 36.6 Å². The lowest BCUT2D eigenvalue weighted by molar-refractivity contribution is 0.169. The predicted molar refractivity (Wildman–Crippen MR) is 118 cm³/mol. The molecule has 28 heavy (non-hydrogen) atoms. The van der Waals surface area contributed by atoms with Gasteiger partial charge in [0.25, 0.3) is 0 Å². The maximum absolute atomic E-state index is 6.20. The fourth-order valence-electron chi connectivity index (χ4n) is 3.82. The number of ether oxygens (including phenoxy) is 1. The molecule has 0 spiro atoms. The van der Waals surface area contributed by atoms with E-state index >= 15 is 0 Å². The van der Waals surface area contributed by atoms with Gasteiger partial charge in [-0.05, 0) is 31.4 Å². The Morgan fingerprint density at radius 3 is 2.39 bits per heavy atom. The van der Waals surface area contributed by atoms with Crippen molar-refractivity contribution in [2.75, 3.05) is 23.7 Å². The van der Waals surface area contributed by atoms with Gasteiger partial charge in [0.05, 0.1) is 5.69 Å². The molecule has 2 aromatic rings. The first-order valence-electron chi connectivity index (χ1n) is 9.46. The highest BCUT2D eigenvalue weighted by Gasteiger charge is 2.30. The summed E-state index contributed by atoms with van der Waals surface area (Å²) >= 11 is 0. The lowest BCUT2D eigenvalue weighted by atomic mass is 9.78. The number of hydrogen-bond acceptors (Lipinski definition) is 6. The highest BCUT2D eigenvalue weighted by Crippen LogP contribution is 2.36. The molecular weight excluding hydrogens is 397 g/mol. The second kappa shape index (κ2) is 9.63. The van der Waals surface area contributed by atoms with Crippen LogP contribution in [0.15, 0.2) is 30.3 Å². The molecule has 2 fully saturated rings. The summed E-state index contributed by atoms with van der Waals surface area (Å²) in [4.78, 5) is 11.2. The van der Waals surface area contributed by atoms with Crippen LogP contribution in [-0.2, 0) is 0 Å². The first-order valence-corrected chi connectivity index (χ1v) is 9.46. The van der Waals surface area contributed by atoms with Crippen LogP contribution in [0.3, 0.4) is 0 Å². The number of piperidine rings is 1. The van der Waals surface area contributed by atoms with Gasteiger partial charge in [0.1, 0.15) is 17.7 Å². The largest absolute Gasteiger partial charge is 0.490 e. The van der Waals surface area contributed by atoms with Crippen LogP contribution in [0.2, 0.25) is 0 Å². The van der Waals surface area contributed by atoms with Crippen LogP contribution >= 0.6 is 24.8 Å².